The summed E-state index contributed by atoms with van der Waals surface area (Å²) in [5.74, 6) is 3.96. The van der Waals surface area contributed by atoms with Gasteiger partial charge >= 0.3 is 5.97 Å². The van der Waals surface area contributed by atoms with Crippen LogP contribution in [0.1, 0.15) is 51.4 Å². The van der Waals surface area contributed by atoms with Crippen LogP contribution in [0.3, 0.4) is 0 Å². The van der Waals surface area contributed by atoms with Gasteiger partial charge in [0, 0.05) is 6.42 Å². The molecule has 2 heteroatoms. The zero-order chi connectivity index (χ0) is 12.8. The fourth-order valence-corrected chi connectivity index (χ4v) is 5.09. The molecule has 0 aromatic carbocycles. The molecular formula is C17H24O2. The third-order valence-electron chi connectivity index (χ3n) is 6.09. The molecule has 0 saturated heterocycles. The van der Waals surface area contributed by atoms with Gasteiger partial charge in [0.15, 0.2) is 0 Å². The first kappa shape index (κ1) is 12.0. The van der Waals surface area contributed by atoms with Crippen molar-refractivity contribution < 1.29 is 9.53 Å². The van der Waals surface area contributed by atoms with E-state index < -0.39 is 0 Å². The van der Waals surface area contributed by atoms with Crippen LogP contribution in [-0.4, -0.2) is 12.1 Å². The van der Waals surface area contributed by atoms with E-state index in [-0.39, 0.29) is 12.1 Å². The molecule has 0 aromatic rings. The fraction of sp³-hybridized carbons (Fsp3) is 0.824. The predicted octanol–water partition coefficient (Wildman–Crippen LogP) is 3.71. The molecule has 0 aromatic heterocycles. The zero-order valence-electron chi connectivity index (χ0n) is 11.6. The van der Waals surface area contributed by atoms with Crippen molar-refractivity contribution in [1.29, 1.82) is 0 Å². The summed E-state index contributed by atoms with van der Waals surface area (Å²) >= 11 is 0. The Bertz CT molecular complexity index is 400. The molecule has 0 N–H and O–H groups in total. The summed E-state index contributed by atoms with van der Waals surface area (Å²) in [5.41, 5.74) is 0. The van der Waals surface area contributed by atoms with Gasteiger partial charge < -0.3 is 4.74 Å². The van der Waals surface area contributed by atoms with Gasteiger partial charge in [0.25, 0.3) is 0 Å². The highest BCUT2D eigenvalue weighted by Gasteiger charge is 2.42. The van der Waals surface area contributed by atoms with Gasteiger partial charge in [-0.25, -0.2) is 0 Å². The third-order valence-corrected chi connectivity index (χ3v) is 6.09. The Kier molecular flexibility index (Phi) is 2.93. The smallest absolute Gasteiger partial charge is 0.306 e. The van der Waals surface area contributed by atoms with Crippen LogP contribution in [0.25, 0.3) is 0 Å². The molecule has 4 rings (SSSR count). The van der Waals surface area contributed by atoms with Crippen molar-refractivity contribution in [1.82, 2.24) is 0 Å². The van der Waals surface area contributed by atoms with Crippen LogP contribution in [0.5, 0.6) is 0 Å². The normalized spacial score (nSPS) is 46.1. The number of fused-ring (bicyclic) bond motifs is 4. The Labute approximate surface area is 115 Å². The maximum Gasteiger partial charge on any atom is 0.306 e. The lowest BCUT2D eigenvalue weighted by atomic mass is 9.89. The Balaban J connectivity index is 1.23. The monoisotopic (exact) mass is 260 g/mol. The maximum absolute atomic E-state index is 12.0. The van der Waals surface area contributed by atoms with Gasteiger partial charge in [0.2, 0.25) is 0 Å². The molecule has 3 fully saturated rings. The van der Waals surface area contributed by atoms with Gasteiger partial charge in [-0.3, -0.25) is 4.79 Å². The molecule has 19 heavy (non-hydrogen) atoms. The first-order valence-electron chi connectivity index (χ1n) is 8.15. The van der Waals surface area contributed by atoms with E-state index in [4.69, 9.17) is 4.74 Å². The second kappa shape index (κ2) is 4.64. The van der Waals surface area contributed by atoms with Crippen molar-refractivity contribution in [2.24, 2.45) is 29.6 Å². The van der Waals surface area contributed by atoms with Gasteiger partial charge in [-0.05, 0) is 74.5 Å². The number of carbonyl (C=O) groups is 1. The Morgan fingerprint density at radius 1 is 1.11 bits per heavy atom. The summed E-state index contributed by atoms with van der Waals surface area (Å²) in [6, 6.07) is 0. The number of rotatable bonds is 4. The van der Waals surface area contributed by atoms with E-state index in [9.17, 15) is 4.79 Å². The highest BCUT2D eigenvalue weighted by Crippen LogP contribution is 2.47. The first-order chi connectivity index (χ1) is 9.28. The first-order valence-corrected chi connectivity index (χ1v) is 8.15. The molecule has 4 aliphatic carbocycles. The molecule has 0 radical (unpaired) electrons. The largest absolute Gasteiger partial charge is 0.462 e. The molecule has 2 nitrogen and oxygen atoms in total. The van der Waals surface area contributed by atoms with Crippen molar-refractivity contribution in [2.45, 2.75) is 57.5 Å². The number of carbonyl (C=O) groups excluding carboxylic acids is 1. The molecule has 4 aliphatic rings. The SMILES string of the molecule is O=C(CCC1CC2C=CC1C2)OC1CC2CCC1C2. The van der Waals surface area contributed by atoms with E-state index in [0.717, 1.165) is 36.5 Å². The summed E-state index contributed by atoms with van der Waals surface area (Å²) in [4.78, 5) is 12.0. The molecule has 0 aliphatic heterocycles. The topological polar surface area (TPSA) is 26.3 Å². The van der Waals surface area contributed by atoms with Crippen molar-refractivity contribution in [3.63, 3.8) is 0 Å². The fourth-order valence-electron chi connectivity index (χ4n) is 5.09. The van der Waals surface area contributed by atoms with Crippen LogP contribution < -0.4 is 0 Å². The van der Waals surface area contributed by atoms with E-state index >= 15 is 0 Å². The zero-order valence-corrected chi connectivity index (χ0v) is 11.6. The number of esters is 1. The highest BCUT2D eigenvalue weighted by molar-refractivity contribution is 5.69. The van der Waals surface area contributed by atoms with Gasteiger partial charge in [-0.1, -0.05) is 12.2 Å². The van der Waals surface area contributed by atoms with Crippen LogP contribution in [-0.2, 0) is 9.53 Å². The average Bonchev–Trinajstić information content (AvgIpc) is 3.16. The molecule has 0 amide bonds. The standard InChI is InChI=1S/C17H24O2/c18-17(19-16-10-12-2-4-15(16)9-12)6-5-14-8-11-1-3-13(14)7-11/h1,3,11-16H,2,4-10H2. The van der Waals surface area contributed by atoms with Crippen LogP contribution in [0.15, 0.2) is 12.2 Å². The van der Waals surface area contributed by atoms with Gasteiger partial charge in [0.1, 0.15) is 6.10 Å². The summed E-state index contributed by atoms with van der Waals surface area (Å²) in [5, 5.41) is 0. The average molecular weight is 260 g/mol. The van der Waals surface area contributed by atoms with E-state index in [0.29, 0.717) is 12.3 Å². The highest BCUT2D eigenvalue weighted by atomic mass is 16.5. The third kappa shape index (κ3) is 2.23. The van der Waals surface area contributed by atoms with Gasteiger partial charge in [-0.2, -0.15) is 0 Å². The molecular weight excluding hydrogens is 236 g/mol. The van der Waals surface area contributed by atoms with Crippen LogP contribution >= 0.6 is 0 Å². The van der Waals surface area contributed by atoms with E-state index in [1.165, 1.54) is 32.1 Å². The summed E-state index contributed by atoms with van der Waals surface area (Å²) in [6.07, 6.45) is 14.5. The Morgan fingerprint density at radius 2 is 2.05 bits per heavy atom. The summed E-state index contributed by atoms with van der Waals surface area (Å²) in [7, 11) is 0. The molecule has 0 heterocycles. The Hall–Kier alpha value is -0.790. The summed E-state index contributed by atoms with van der Waals surface area (Å²) < 4.78 is 5.73. The lowest BCUT2D eigenvalue weighted by molar-refractivity contribution is -0.151. The molecule has 104 valence electrons. The van der Waals surface area contributed by atoms with Crippen molar-refractivity contribution in [3.8, 4) is 0 Å². The van der Waals surface area contributed by atoms with Crippen molar-refractivity contribution in [3.05, 3.63) is 12.2 Å². The van der Waals surface area contributed by atoms with Crippen LogP contribution in [0.2, 0.25) is 0 Å². The molecule has 3 saturated carbocycles. The lowest BCUT2D eigenvalue weighted by Crippen LogP contribution is -2.24. The minimum Gasteiger partial charge on any atom is -0.462 e. The van der Waals surface area contributed by atoms with Gasteiger partial charge in [-0.15, -0.1) is 0 Å². The molecule has 4 bridgehead atoms. The predicted molar refractivity (Wildman–Crippen MR) is 73.4 cm³/mol. The summed E-state index contributed by atoms with van der Waals surface area (Å²) in [6.45, 7) is 0. The lowest BCUT2D eigenvalue weighted by Gasteiger charge is -2.23. The number of hydrogen-bond acceptors (Lipinski definition) is 2. The molecule has 0 spiro atoms. The van der Waals surface area contributed by atoms with E-state index in [1.807, 2.05) is 0 Å². The number of allylic oxidation sites excluding steroid dienone is 2. The second-order valence-corrected chi connectivity index (χ2v) is 7.28. The maximum atomic E-state index is 12.0. The van der Waals surface area contributed by atoms with Crippen LogP contribution in [0.4, 0.5) is 0 Å². The second-order valence-electron chi connectivity index (χ2n) is 7.28. The number of ether oxygens (including phenoxy) is 1. The molecule has 6 unspecified atom stereocenters. The molecule has 6 atom stereocenters. The quantitative estimate of drug-likeness (QED) is 0.569. The Morgan fingerprint density at radius 3 is 2.68 bits per heavy atom. The minimum atomic E-state index is 0.0734. The van der Waals surface area contributed by atoms with E-state index in [1.54, 1.807) is 0 Å². The van der Waals surface area contributed by atoms with Crippen molar-refractivity contribution in [2.75, 3.05) is 0 Å². The number of hydrogen-bond donors (Lipinski definition) is 0. The van der Waals surface area contributed by atoms with Gasteiger partial charge in [0.05, 0.1) is 0 Å². The van der Waals surface area contributed by atoms with E-state index in [2.05, 4.69) is 12.2 Å². The minimum absolute atomic E-state index is 0.0734. The van der Waals surface area contributed by atoms with Crippen molar-refractivity contribution >= 4 is 5.97 Å². The van der Waals surface area contributed by atoms with Crippen LogP contribution in [0, 0.1) is 29.6 Å².